The molecule has 5 N–H and O–H groups in total. The molecule has 0 spiro atoms. The zero-order valence-corrected chi connectivity index (χ0v) is 20.7. The quantitative estimate of drug-likeness (QED) is 0.284. The van der Waals surface area contributed by atoms with E-state index in [9.17, 15) is 4.79 Å². The van der Waals surface area contributed by atoms with E-state index in [0.29, 0.717) is 36.8 Å². The van der Waals surface area contributed by atoms with Gasteiger partial charge in [-0.15, -0.1) is 0 Å². The summed E-state index contributed by atoms with van der Waals surface area (Å²) in [7, 11) is 0. The second kappa shape index (κ2) is 10.8. The second-order valence-corrected chi connectivity index (χ2v) is 8.93. The predicted octanol–water partition coefficient (Wildman–Crippen LogP) is 5.16. The number of rotatable bonds is 10. The normalized spacial score (nSPS) is 11.1. The van der Waals surface area contributed by atoms with Crippen molar-refractivity contribution in [3.8, 4) is 17.0 Å². The van der Waals surface area contributed by atoms with E-state index in [4.69, 9.17) is 32.8 Å². The van der Waals surface area contributed by atoms with Gasteiger partial charge in [0.15, 0.2) is 0 Å². The number of halogens is 1. The van der Waals surface area contributed by atoms with Crippen LogP contribution in [0.2, 0.25) is 5.02 Å². The van der Waals surface area contributed by atoms with Crippen molar-refractivity contribution in [2.24, 2.45) is 11.5 Å². The molecule has 0 atom stereocenters. The average Bonchev–Trinajstić information content (AvgIpc) is 3.17. The SMILES string of the molecule is Cc1cccc(C)c1Nc1c(-c2c(Cl)cc(OCCN)cc2CCCC(N)=O)nc2ccccn12. The highest BCUT2D eigenvalue weighted by atomic mass is 35.5. The minimum atomic E-state index is -0.335. The lowest BCUT2D eigenvalue weighted by molar-refractivity contribution is -0.118. The molecule has 2 heterocycles. The Hall–Kier alpha value is -3.55. The number of nitrogens with two attached hydrogens (primary N) is 2. The smallest absolute Gasteiger partial charge is 0.217 e. The number of pyridine rings is 1. The summed E-state index contributed by atoms with van der Waals surface area (Å²) in [5.41, 5.74) is 17.5. The van der Waals surface area contributed by atoms with Gasteiger partial charge in [-0.05, 0) is 67.6 Å². The van der Waals surface area contributed by atoms with E-state index in [1.54, 1.807) is 6.07 Å². The molecule has 8 heteroatoms. The zero-order chi connectivity index (χ0) is 24.9. The summed E-state index contributed by atoms with van der Waals surface area (Å²) < 4.78 is 7.79. The number of carbonyl (C=O) groups is 1. The highest BCUT2D eigenvalue weighted by molar-refractivity contribution is 6.33. The molecule has 0 saturated heterocycles. The molecule has 2 aromatic heterocycles. The number of aromatic nitrogens is 2. The monoisotopic (exact) mass is 491 g/mol. The number of primary amides is 1. The number of nitrogens with one attached hydrogen (secondary N) is 1. The van der Waals surface area contributed by atoms with E-state index in [0.717, 1.165) is 45.1 Å². The number of para-hydroxylation sites is 1. The fraction of sp³-hybridized carbons (Fsp3) is 0.259. The Labute approximate surface area is 210 Å². The first-order chi connectivity index (χ1) is 16.9. The van der Waals surface area contributed by atoms with E-state index in [1.807, 2.05) is 40.9 Å². The molecule has 0 radical (unpaired) electrons. The Balaban J connectivity index is 1.89. The summed E-state index contributed by atoms with van der Waals surface area (Å²) in [6.45, 7) is 4.92. The second-order valence-electron chi connectivity index (χ2n) is 8.53. The molecule has 0 aliphatic rings. The molecule has 0 aliphatic heterocycles. The van der Waals surface area contributed by atoms with Gasteiger partial charge in [-0.3, -0.25) is 9.20 Å². The molecule has 0 fully saturated rings. The van der Waals surface area contributed by atoms with Gasteiger partial charge in [-0.1, -0.05) is 35.9 Å². The Morgan fingerprint density at radius 1 is 1.14 bits per heavy atom. The Morgan fingerprint density at radius 3 is 2.63 bits per heavy atom. The van der Waals surface area contributed by atoms with Crippen molar-refractivity contribution in [1.82, 2.24) is 9.38 Å². The van der Waals surface area contributed by atoms with Crippen LogP contribution < -0.4 is 21.5 Å². The molecule has 4 aromatic rings. The van der Waals surface area contributed by atoms with Gasteiger partial charge in [0, 0.05) is 30.4 Å². The van der Waals surface area contributed by atoms with Crippen molar-refractivity contribution in [3.63, 3.8) is 0 Å². The van der Waals surface area contributed by atoms with Crippen molar-refractivity contribution in [2.75, 3.05) is 18.5 Å². The number of hydrogen-bond donors (Lipinski definition) is 3. The van der Waals surface area contributed by atoms with Crippen molar-refractivity contribution in [1.29, 1.82) is 0 Å². The van der Waals surface area contributed by atoms with E-state index in [-0.39, 0.29) is 12.3 Å². The topological polar surface area (TPSA) is 108 Å². The highest BCUT2D eigenvalue weighted by Crippen LogP contribution is 2.41. The van der Waals surface area contributed by atoms with Gasteiger partial charge in [0.2, 0.25) is 5.91 Å². The van der Waals surface area contributed by atoms with Crippen LogP contribution in [0.3, 0.4) is 0 Å². The van der Waals surface area contributed by atoms with Crippen LogP contribution in [0.15, 0.2) is 54.7 Å². The Bertz CT molecular complexity index is 1350. The molecule has 0 saturated carbocycles. The lowest BCUT2D eigenvalue weighted by Crippen LogP contribution is -2.11. The Morgan fingerprint density at radius 2 is 1.91 bits per heavy atom. The van der Waals surface area contributed by atoms with E-state index in [2.05, 4.69) is 31.3 Å². The number of anilines is 2. The van der Waals surface area contributed by atoms with Crippen LogP contribution in [0.25, 0.3) is 16.9 Å². The van der Waals surface area contributed by atoms with E-state index < -0.39 is 0 Å². The summed E-state index contributed by atoms with van der Waals surface area (Å²) in [6.07, 6.45) is 3.44. The molecule has 7 nitrogen and oxygen atoms in total. The maximum atomic E-state index is 11.4. The van der Waals surface area contributed by atoms with Crippen LogP contribution >= 0.6 is 11.6 Å². The fourth-order valence-electron chi connectivity index (χ4n) is 4.23. The molecule has 2 aromatic carbocycles. The third-order valence-corrected chi connectivity index (χ3v) is 6.19. The predicted molar refractivity (Wildman–Crippen MR) is 142 cm³/mol. The number of amides is 1. The first-order valence-corrected chi connectivity index (χ1v) is 12.0. The first-order valence-electron chi connectivity index (χ1n) is 11.6. The summed E-state index contributed by atoms with van der Waals surface area (Å²) in [6, 6.07) is 15.8. The molecule has 0 bridgehead atoms. The van der Waals surface area contributed by atoms with Gasteiger partial charge in [-0.2, -0.15) is 0 Å². The Kier molecular flexibility index (Phi) is 7.58. The van der Waals surface area contributed by atoms with Crippen molar-refractivity contribution in [3.05, 3.63) is 76.4 Å². The summed E-state index contributed by atoms with van der Waals surface area (Å²) in [5, 5.41) is 4.14. The molecule has 0 aliphatic carbocycles. The van der Waals surface area contributed by atoms with E-state index in [1.165, 1.54) is 0 Å². The molecular formula is C27H30ClN5O2. The van der Waals surface area contributed by atoms with Gasteiger partial charge in [-0.25, -0.2) is 4.98 Å². The molecular weight excluding hydrogens is 462 g/mol. The lowest BCUT2D eigenvalue weighted by Gasteiger charge is -2.17. The van der Waals surface area contributed by atoms with Gasteiger partial charge in [0.25, 0.3) is 0 Å². The maximum absolute atomic E-state index is 11.4. The summed E-state index contributed by atoms with van der Waals surface area (Å²) in [4.78, 5) is 16.3. The molecule has 4 rings (SSSR count). The van der Waals surface area contributed by atoms with Crippen LogP contribution in [0.1, 0.15) is 29.5 Å². The summed E-state index contributed by atoms with van der Waals surface area (Å²) in [5.74, 6) is 1.11. The molecule has 1 amide bonds. The van der Waals surface area contributed by atoms with Crippen molar-refractivity contribution >= 4 is 34.7 Å². The lowest BCUT2D eigenvalue weighted by atomic mass is 9.98. The third-order valence-electron chi connectivity index (χ3n) is 5.89. The minimum Gasteiger partial charge on any atom is -0.492 e. The maximum Gasteiger partial charge on any atom is 0.217 e. The van der Waals surface area contributed by atoms with Crippen LogP contribution in [0.4, 0.5) is 11.5 Å². The number of carbonyl (C=O) groups excluding carboxylic acids is 1. The third kappa shape index (κ3) is 5.42. The largest absolute Gasteiger partial charge is 0.492 e. The van der Waals surface area contributed by atoms with Gasteiger partial charge in [0.1, 0.15) is 29.5 Å². The number of hydrogen-bond acceptors (Lipinski definition) is 5. The number of imidazole rings is 1. The summed E-state index contributed by atoms with van der Waals surface area (Å²) >= 11 is 6.87. The first kappa shape index (κ1) is 24.6. The number of ether oxygens (including phenoxy) is 1. The minimum absolute atomic E-state index is 0.281. The number of aryl methyl sites for hydroxylation is 3. The van der Waals surface area contributed by atoms with Gasteiger partial charge in [0.05, 0.1) is 5.02 Å². The number of nitrogens with zero attached hydrogens (tertiary/aromatic N) is 2. The molecule has 0 unspecified atom stereocenters. The molecule has 182 valence electrons. The van der Waals surface area contributed by atoms with E-state index >= 15 is 0 Å². The van der Waals surface area contributed by atoms with Crippen LogP contribution in [-0.2, 0) is 11.2 Å². The van der Waals surface area contributed by atoms with Crippen LogP contribution in [-0.4, -0.2) is 28.4 Å². The standard InChI is InChI=1S/C27H30ClN5O2/c1-17-7-5-8-18(2)25(17)32-27-26(31-23-11-3-4-13-33(23)27)24-19(9-6-10-22(30)34)15-20(16-21(24)28)35-14-12-29/h3-5,7-8,11,13,15-16,32H,6,9-10,12,14,29H2,1-2H3,(H2,30,34). The number of benzene rings is 2. The molecule has 35 heavy (non-hydrogen) atoms. The average molecular weight is 492 g/mol. The van der Waals surface area contributed by atoms with Crippen LogP contribution in [0.5, 0.6) is 5.75 Å². The van der Waals surface area contributed by atoms with Crippen molar-refractivity contribution in [2.45, 2.75) is 33.1 Å². The van der Waals surface area contributed by atoms with Gasteiger partial charge < -0.3 is 21.5 Å². The number of fused-ring (bicyclic) bond motifs is 1. The highest BCUT2D eigenvalue weighted by Gasteiger charge is 2.22. The zero-order valence-electron chi connectivity index (χ0n) is 20.0. The van der Waals surface area contributed by atoms with Gasteiger partial charge >= 0.3 is 0 Å². The van der Waals surface area contributed by atoms with Crippen LogP contribution in [0, 0.1) is 13.8 Å². The van der Waals surface area contributed by atoms with Crippen molar-refractivity contribution < 1.29 is 9.53 Å². The fourth-order valence-corrected chi connectivity index (χ4v) is 4.55.